The molecule has 4 rings (SSSR count). The number of H-pyrrole nitrogens is 1. The van der Waals surface area contributed by atoms with Crippen molar-refractivity contribution in [3.8, 4) is 11.1 Å². The first-order chi connectivity index (χ1) is 13.2. The summed E-state index contributed by atoms with van der Waals surface area (Å²) in [5, 5.41) is 4.37. The van der Waals surface area contributed by atoms with E-state index in [1.54, 1.807) is 6.20 Å². The molecule has 3 heterocycles. The van der Waals surface area contributed by atoms with Crippen molar-refractivity contribution in [2.45, 2.75) is 19.9 Å². The van der Waals surface area contributed by atoms with Gasteiger partial charge in [-0.15, -0.1) is 0 Å². The number of benzene rings is 1. The summed E-state index contributed by atoms with van der Waals surface area (Å²) in [6.45, 7) is 2.47. The van der Waals surface area contributed by atoms with E-state index in [4.69, 9.17) is 0 Å². The third kappa shape index (κ3) is 3.58. The summed E-state index contributed by atoms with van der Waals surface area (Å²) in [4.78, 5) is 24.3. The van der Waals surface area contributed by atoms with E-state index in [1.807, 2.05) is 67.7 Å². The Bertz CT molecular complexity index is 1090. The fourth-order valence-corrected chi connectivity index (χ4v) is 3.12. The van der Waals surface area contributed by atoms with Crippen LogP contribution in [0.3, 0.4) is 0 Å². The van der Waals surface area contributed by atoms with E-state index < -0.39 is 0 Å². The lowest BCUT2D eigenvalue weighted by Crippen LogP contribution is -2.03. The molecule has 0 saturated carbocycles. The molecule has 0 radical (unpaired) electrons. The monoisotopic (exact) mass is 356 g/mol. The van der Waals surface area contributed by atoms with Crippen molar-refractivity contribution in [2.24, 2.45) is 0 Å². The van der Waals surface area contributed by atoms with Crippen LogP contribution < -0.4 is 5.32 Å². The van der Waals surface area contributed by atoms with Gasteiger partial charge in [-0.3, -0.25) is 9.78 Å². The lowest BCUT2D eigenvalue weighted by molar-refractivity contribution is 0.0988. The zero-order valence-electron chi connectivity index (χ0n) is 15.1. The Morgan fingerprint density at radius 3 is 2.85 bits per heavy atom. The maximum absolute atomic E-state index is 12.1. The second kappa shape index (κ2) is 7.41. The Morgan fingerprint density at radius 2 is 2.04 bits per heavy atom. The number of nitrogens with one attached hydrogen (secondary N) is 2. The molecule has 134 valence electrons. The molecule has 0 aliphatic heterocycles. The molecule has 0 bridgehead atoms. The minimum absolute atomic E-state index is 0.143. The number of carbonyl (C=O) groups is 1. The Morgan fingerprint density at radius 1 is 1.11 bits per heavy atom. The van der Waals surface area contributed by atoms with Gasteiger partial charge in [-0.2, -0.15) is 0 Å². The molecule has 5 nitrogen and oxygen atoms in total. The first kappa shape index (κ1) is 17.0. The Hall–Kier alpha value is -3.47. The second-order valence-corrected chi connectivity index (χ2v) is 6.33. The normalized spacial score (nSPS) is 10.9. The highest BCUT2D eigenvalue weighted by molar-refractivity contribution is 5.99. The fourth-order valence-electron chi connectivity index (χ4n) is 3.12. The van der Waals surface area contributed by atoms with Crippen molar-refractivity contribution in [1.82, 2.24) is 15.0 Å². The molecule has 0 fully saturated rings. The first-order valence-corrected chi connectivity index (χ1v) is 9.00. The third-order valence-corrected chi connectivity index (χ3v) is 4.52. The van der Waals surface area contributed by atoms with Crippen molar-refractivity contribution < 1.29 is 4.79 Å². The molecule has 0 atom stereocenters. The van der Waals surface area contributed by atoms with E-state index in [9.17, 15) is 4.79 Å². The molecule has 0 spiro atoms. The van der Waals surface area contributed by atoms with Gasteiger partial charge in [0.25, 0.3) is 0 Å². The van der Waals surface area contributed by atoms with Crippen LogP contribution in [-0.2, 0) is 6.54 Å². The van der Waals surface area contributed by atoms with E-state index in [0.29, 0.717) is 13.0 Å². The van der Waals surface area contributed by atoms with Crippen LogP contribution in [0, 0.1) is 0 Å². The standard InChI is InChI=1S/C22H20N4O/c1-2-20(27)16-7-5-6-15(12-16)19-13-21(26-22-18(19)9-11-24-22)25-14-17-8-3-4-10-23-17/h3-13H,2,14H2,1H3,(H2,24,25,26). The van der Waals surface area contributed by atoms with Crippen molar-refractivity contribution in [3.63, 3.8) is 0 Å². The van der Waals surface area contributed by atoms with Gasteiger partial charge < -0.3 is 10.3 Å². The van der Waals surface area contributed by atoms with Crippen LogP contribution in [0.2, 0.25) is 0 Å². The van der Waals surface area contributed by atoms with Gasteiger partial charge in [-0.1, -0.05) is 31.2 Å². The summed E-state index contributed by atoms with van der Waals surface area (Å²) in [5.74, 6) is 0.905. The number of Topliss-reactive ketones (excluding diaryl/α,β-unsaturated/α-hetero) is 1. The number of fused-ring (bicyclic) bond motifs is 1. The van der Waals surface area contributed by atoms with Crippen molar-refractivity contribution in [1.29, 1.82) is 0 Å². The fraction of sp³-hybridized carbons (Fsp3) is 0.136. The van der Waals surface area contributed by atoms with Crippen molar-refractivity contribution in [3.05, 3.63) is 78.2 Å². The van der Waals surface area contributed by atoms with Gasteiger partial charge in [0.2, 0.25) is 0 Å². The minimum atomic E-state index is 0.143. The maximum atomic E-state index is 12.1. The van der Waals surface area contributed by atoms with Crippen LogP contribution in [0.5, 0.6) is 0 Å². The van der Waals surface area contributed by atoms with Gasteiger partial charge in [0.05, 0.1) is 12.2 Å². The summed E-state index contributed by atoms with van der Waals surface area (Å²) >= 11 is 0. The van der Waals surface area contributed by atoms with Crippen LogP contribution in [-0.4, -0.2) is 20.7 Å². The molecule has 2 N–H and O–H groups in total. The molecule has 0 aliphatic rings. The van der Waals surface area contributed by atoms with Crippen molar-refractivity contribution in [2.75, 3.05) is 5.32 Å². The summed E-state index contributed by atoms with van der Waals surface area (Å²) in [7, 11) is 0. The second-order valence-electron chi connectivity index (χ2n) is 6.33. The molecule has 4 aromatic rings. The predicted molar refractivity (Wildman–Crippen MR) is 108 cm³/mol. The van der Waals surface area contributed by atoms with E-state index >= 15 is 0 Å². The number of pyridine rings is 2. The molecule has 0 aliphatic carbocycles. The minimum Gasteiger partial charge on any atom is -0.364 e. The number of nitrogens with zero attached hydrogens (tertiary/aromatic N) is 2. The van der Waals surface area contributed by atoms with Gasteiger partial charge >= 0.3 is 0 Å². The quantitative estimate of drug-likeness (QED) is 0.486. The molecule has 5 heteroatoms. The number of ketones is 1. The number of hydrogen-bond acceptors (Lipinski definition) is 4. The van der Waals surface area contributed by atoms with Crippen LogP contribution in [0.1, 0.15) is 29.4 Å². The number of aromatic amines is 1. The van der Waals surface area contributed by atoms with Gasteiger partial charge in [0, 0.05) is 29.8 Å². The number of aromatic nitrogens is 3. The smallest absolute Gasteiger partial charge is 0.162 e. The van der Waals surface area contributed by atoms with Gasteiger partial charge in [-0.25, -0.2) is 4.98 Å². The van der Waals surface area contributed by atoms with E-state index in [-0.39, 0.29) is 5.78 Å². The predicted octanol–water partition coefficient (Wildman–Crippen LogP) is 4.83. The van der Waals surface area contributed by atoms with Gasteiger partial charge in [0.15, 0.2) is 5.78 Å². The molecule has 3 aromatic heterocycles. The Kier molecular flexibility index (Phi) is 4.66. The molecule has 0 amide bonds. The van der Waals surface area contributed by atoms with Crippen LogP contribution >= 0.6 is 0 Å². The van der Waals surface area contributed by atoms with E-state index in [0.717, 1.165) is 39.2 Å². The molecular formula is C22H20N4O. The van der Waals surface area contributed by atoms with E-state index in [2.05, 4.69) is 20.3 Å². The first-order valence-electron chi connectivity index (χ1n) is 9.00. The Labute approximate surface area is 157 Å². The number of anilines is 1. The topological polar surface area (TPSA) is 70.7 Å². The van der Waals surface area contributed by atoms with Gasteiger partial charge in [-0.05, 0) is 41.5 Å². The molecule has 1 aromatic carbocycles. The lowest BCUT2D eigenvalue weighted by atomic mass is 9.99. The average Bonchev–Trinajstić information content (AvgIpc) is 3.20. The zero-order valence-corrected chi connectivity index (χ0v) is 15.1. The molecule has 27 heavy (non-hydrogen) atoms. The van der Waals surface area contributed by atoms with Gasteiger partial charge in [0.1, 0.15) is 11.5 Å². The SMILES string of the molecule is CCC(=O)c1cccc(-c2cc(NCc3ccccn3)nc3[nH]ccc23)c1. The third-order valence-electron chi connectivity index (χ3n) is 4.52. The maximum Gasteiger partial charge on any atom is 0.162 e. The molecule has 0 unspecified atom stereocenters. The largest absolute Gasteiger partial charge is 0.364 e. The summed E-state index contributed by atoms with van der Waals surface area (Å²) in [5.41, 5.74) is 4.53. The molecule has 0 saturated heterocycles. The van der Waals surface area contributed by atoms with E-state index in [1.165, 1.54) is 0 Å². The highest BCUT2D eigenvalue weighted by atomic mass is 16.1. The van der Waals surface area contributed by atoms with Crippen molar-refractivity contribution >= 4 is 22.6 Å². The number of hydrogen-bond donors (Lipinski definition) is 2. The molecular weight excluding hydrogens is 336 g/mol. The number of rotatable bonds is 6. The zero-order chi connectivity index (χ0) is 18.6. The van der Waals surface area contributed by atoms with Crippen LogP contribution in [0.15, 0.2) is 67.0 Å². The highest BCUT2D eigenvalue weighted by Crippen LogP contribution is 2.30. The summed E-state index contributed by atoms with van der Waals surface area (Å²) < 4.78 is 0. The lowest BCUT2D eigenvalue weighted by Gasteiger charge is -2.10. The highest BCUT2D eigenvalue weighted by Gasteiger charge is 2.11. The average molecular weight is 356 g/mol. The van der Waals surface area contributed by atoms with Crippen LogP contribution in [0.4, 0.5) is 5.82 Å². The number of carbonyl (C=O) groups excluding carboxylic acids is 1. The summed E-state index contributed by atoms with van der Waals surface area (Å²) in [6.07, 6.45) is 4.15. The Balaban J connectivity index is 1.72. The summed E-state index contributed by atoms with van der Waals surface area (Å²) in [6, 6.07) is 17.6. The van der Waals surface area contributed by atoms with Crippen LogP contribution in [0.25, 0.3) is 22.2 Å².